The van der Waals surface area contributed by atoms with Gasteiger partial charge in [-0.05, 0) is 50.5 Å². The molecule has 234 valence electrons. The number of carbonyl (C=O) groups excluding carboxylic acids is 2. The predicted octanol–water partition coefficient (Wildman–Crippen LogP) is 5.18. The molecule has 1 aromatic carbocycles. The number of aromatic nitrogens is 1. The Balaban J connectivity index is 0.000000646. The minimum Gasteiger partial charge on any atom is -0.475 e. The summed E-state index contributed by atoms with van der Waals surface area (Å²) in [5.74, 6) is -4.16. The molecule has 2 amide bonds. The zero-order valence-corrected chi connectivity index (χ0v) is 23.3. The second-order valence-corrected chi connectivity index (χ2v) is 10.3. The summed E-state index contributed by atoms with van der Waals surface area (Å²) in [4.78, 5) is 39.8. The van der Waals surface area contributed by atoms with Gasteiger partial charge in [-0.2, -0.15) is 26.3 Å². The summed E-state index contributed by atoms with van der Waals surface area (Å²) >= 11 is 6.58. The first-order valence-corrected chi connectivity index (χ1v) is 13.0. The third kappa shape index (κ3) is 7.93. The number of halogens is 7. The summed E-state index contributed by atoms with van der Waals surface area (Å²) in [5, 5.41) is 21.2. The number of pyridine rings is 1. The smallest absolute Gasteiger partial charge is 0.475 e. The van der Waals surface area contributed by atoms with Crippen LogP contribution in [0.15, 0.2) is 36.5 Å². The van der Waals surface area contributed by atoms with Crippen LogP contribution in [-0.2, 0) is 26.0 Å². The lowest BCUT2D eigenvalue weighted by Crippen LogP contribution is -2.63. The van der Waals surface area contributed by atoms with Crippen LogP contribution in [0.1, 0.15) is 54.7 Å². The number of aliphatic carboxylic acids is 1. The first-order chi connectivity index (χ1) is 19.8. The van der Waals surface area contributed by atoms with Gasteiger partial charge < -0.3 is 20.5 Å². The second-order valence-electron chi connectivity index (χ2n) is 9.93. The van der Waals surface area contributed by atoms with Gasteiger partial charge in [-0.25, -0.2) is 4.79 Å². The Morgan fingerprint density at radius 2 is 1.86 bits per heavy atom. The van der Waals surface area contributed by atoms with E-state index in [0.29, 0.717) is 25.0 Å². The molecule has 0 bridgehead atoms. The molecule has 4 N–H and O–H groups in total. The molecule has 2 saturated heterocycles. The van der Waals surface area contributed by atoms with Gasteiger partial charge in [0.15, 0.2) is 5.96 Å². The number of amides is 2. The number of benzene rings is 1. The van der Waals surface area contributed by atoms with Crippen LogP contribution in [0.2, 0.25) is 5.02 Å². The van der Waals surface area contributed by atoms with E-state index in [4.69, 9.17) is 31.6 Å². The summed E-state index contributed by atoms with van der Waals surface area (Å²) in [5.41, 5.74) is -2.57. The molecule has 3 heterocycles. The fraction of sp³-hybridized carbons (Fsp3) is 0.423. The van der Waals surface area contributed by atoms with Gasteiger partial charge in [-0.15, -0.1) is 0 Å². The SMILES string of the molecule is C[C@@H]1C[C@H](N2C(=N)N[C@](C)(c3cccc(NC(=O)c4ncccc4C(F)(F)F)c3Cl)CC2=O)CCO1.O=C(O)C(F)(F)F. The number of rotatable bonds is 4. The normalized spacial score (nSPS) is 22.7. The molecule has 0 spiro atoms. The van der Waals surface area contributed by atoms with E-state index in [1.807, 2.05) is 6.92 Å². The van der Waals surface area contributed by atoms with Crippen molar-refractivity contribution in [3.8, 4) is 0 Å². The Labute approximate surface area is 245 Å². The highest BCUT2D eigenvalue weighted by molar-refractivity contribution is 6.35. The number of hydrogen-bond donors (Lipinski definition) is 4. The molecule has 0 radical (unpaired) electrons. The van der Waals surface area contributed by atoms with E-state index in [2.05, 4.69) is 15.6 Å². The Morgan fingerprint density at radius 3 is 2.42 bits per heavy atom. The first kappa shape index (κ1) is 33.6. The maximum absolute atomic E-state index is 13.3. The average Bonchev–Trinajstić information content (AvgIpc) is 2.88. The second kappa shape index (κ2) is 12.8. The summed E-state index contributed by atoms with van der Waals surface area (Å²) < 4.78 is 77.3. The number of alkyl halides is 6. The van der Waals surface area contributed by atoms with Crippen molar-refractivity contribution in [2.75, 3.05) is 11.9 Å². The molecule has 2 aliphatic rings. The molecule has 3 atom stereocenters. The summed E-state index contributed by atoms with van der Waals surface area (Å²) in [6, 6.07) is 6.35. The van der Waals surface area contributed by atoms with Crippen molar-refractivity contribution in [2.45, 2.75) is 63.1 Å². The van der Waals surface area contributed by atoms with Crippen molar-refractivity contribution < 1.29 is 50.6 Å². The van der Waals surface area contributed by atoms with Crippen LogP contribution in [-0.4, -0.2) is 63.7 Å². The number of nitrogens with one attached hydrogen (secondary N) is 3. The van der Waals surface area contributed by atoms with Crippen molar-refractivity contribution in [3.63, 3.8) is 0 Å². The van der Waals surface area contributed by atoms with E-state index < -0.39 is 41.0 Å². The highest BCUT2D eigenvalue weighted by Crippen LogP contribution is 2.39. The maximum atomic E-state index is 13.3. The van der Waals surface area contributed by atoms with Gasteiger partial charge in [0, 0.05) is 18.8 Å². The van der Waals surface area contributed by atoms with E-state index in [1.165, 1.54) is 11.0 Å². The van der Waals surface area contributed by atoms with Gasteiger partial charge >= 0.3 is 18.3 Å². The Kier molecular flexibility index (Phi) is 9.96. The van der Waals surface area contributed by atoms with Gasteiger partial charge in [0.1, 0.15) is 5.69 Å². The molecule has 0 saturated carbocycles. The van der Waals surface area contributed by atoms with Crippen molar-refractivity contribution >= 4 is 41.0 Å². The fourth-order valence-electron chi connectivity index (χ4n) is 4.69. The van der Waals surface area contributed by atoms with Crippen LogP contribution in [0.25, 0.3) is 0 Å². The predicted molar refractivity (Wildman–Crippen MR) is 140 cm³/mol. The Morgan fingerprint density at radius 1 is 1.21 bits per heavy atom. The summed E-state index contributed by atoms with van der Waals surface area (Å²) in [6.45, 7) is 4.13. The molecule has 2 aliphatic heterocycles. The van der Waals surface area contributed by atoms with E-state index >= 15 is 0 Å². The summed E-state index contributed by atoms with van der Waals surface area (Å²) in [7, 11) is 0. The third-order valence-corrected chi connectivity index (χ3v) is 7.05. The van der Waals surface area contributed by atoms with Crippen LogP contribution in [0.5, 0.6) is 0 Å². The molecule has 2 fully saturated rings. The third-order valence-electron chi connectivity index (χ3n) is 6.64. The lowest BCUT2D eigenvalue weighted by Gasteiger charge is -2.45. The number of carboxylic acid groups (broad SMARTS) is 1. The molecule has 10 nitrogen and oxygen atoms in total. The van der Waals surface area contributed by atoms with E-state index in [-0.39, 0.29) is 41.1 Å². The van der Waals surface area contributed by atoms with Gasteiger partial charge in [0.05, 0.1) is 34.3 Å². The lowest BCUT2D eigenvalue weighted by atomic mass is 9.85. The average molecular weight is 638 g/mol. The molecule has 43 heavy (non-hydrogen) atoms. The van der Waals surface area contributed by atoms with Crippen molar-refractivity contribution in [3.05, 3.63) is 58.4 Å². The molecule has 1 aromatic heterocycles. The minimum atomic E-state index is -5.08. The van der Waals surface area contributed by atoms with Crippen molar-refractivity contribution in [1.82, 2.24) is 15.2 Å². The molecule has 2 aromatic rings. The first-order valence-electron chi connectivity index (χ1n) is 12.6. The highest BCUT2D eigenvalue weighted by Gasteiger charge is 2.44. The van der Waals surface area contributed by atoms with Crippen LogP contribution in [0.4, 0.5) is 32.0 Å². The molecular formula is C26H26ClF6N5O5. The van der Waals surface area contributed by atoms with Gasteiger partial charge in [-0.3, -0.25) is 24.9 Å². The number of ether oxygens (including phenoxy) is 1. The molecular weight excluding hydrogens is 612 g/mol. The molecule has 0 unspecified atom stereocenters. The topological polar surface area (TPSA) is 145 Å². The minimum absolute atomic E-state index is 0.0172. The van der Waals surface area contributed by atoms with Crippen molar-refractivity contribution in [1.29, 1.82) is 5.41 Å². The highest BCUT2D eigenvalue weighted by atomic mass is 35.5. The summed E-state index contributed by atoms with van der Waals surface area (Å²) in [6.07, 6.45) is -7.56. The maximum Gasteiger partial charge on any atom is 0.490 e. The molecule has 0 aliphatic carbocycles. The number of carboxylic acids is 1. The standard InChI is InChI=1S/C24H25ClF3N5O3.C2HF3O2/c1-13-11-14(8-10-36-13)33-18(34)12-23(2,32-22(33)29)15-5-3-7-17(19(15)25)31-21(35)20-16(24(26,27)28)6-4-9-30-20;3-2(4,5)1(6)7/h3-7,9,13-14H,8,10-12H2,1-2H3,(H2,29,32)(H,31,35);(H,6,7)/t13-,14-,23+;/m1./s1. The van der Waals surface area contributed by atoms with Gasteiger partial charge in [0.25, 0.3) is 5.91 Å². The van der Waals surface area contributed by atoms with Gasteiger partial charge in [0.2, 0.25) is 5.91 Å². The van der Waals surface area contributed by atoms with E-state index in [9.17, 15) is 35.9 Å². The van der Waals surface area contributed by atoms with Crippen LogP contribution in [0.3, 0.4) is 0 Å². The lowest BCUT2D eigenvalue weighted by molar-refractivity contribution is -0.192. The van der Waals surface area contributed by atoms with Gasteiger partial charge in [-0.1, -0.05) is 23.7 Å². The quantitative estimate of drug-likeness (QED) is 0.338. The Bertz CT molecular complexity index is 1390. The van der Waals surface area contributed by atoms with E-state index in [0.717, 1.165) is 18.3 Å². The fourth-order valence-corrected chi connectivity index (χ4v) is 5.07. The molecule has 17 heteroatoms. The van der Waals surface area contributed by atoms with Crippen molar-refractivity contribution in [2.24, 2.45) is 0 Å². The van der Waals surface area contributed by atoms with Crippen LogP contribution < -0.4 is 10.6 Å². The zero-order chi connectivity index (χ0) is 32.3. The number of nitrogens with zero attached hydrogens (tertiary/aromatic N) is 2. The van der Waals surface area contributed by atoms with Crippen LogP contribution >= 0.6 is 11.6 Å². The zero-order valence-electron chi connectivity index (χ0n) is 22.6. The van der Waals surface area contributed by atoms with Crippen LogP contribution in [0, 0.1) is 5.41 Å². The molecule has 4 rings (SSSR count). The monoisotopic (exact) mass is 637 g/mol. The number of hydrogen-bond acceptors (Lipinski definition) is 6. The largest absolute Gasteiger partial charge is 0.490 e. The number of carbonyl (C=O) groups is 3. The Hall–Kier alpha value is -3.92. The van der Waals surface area contributed by atoms with E-state index in [1.54, 1.807) is 19.1 Å². The number of guanidine groups is 1. The number of anilines is 1.